The van der Waals surface area contributed by atoms with Gasteiger partial charge in [-0.15, -0.1) is 0 Å². The van der Waals surface area contributed by atoms with Gasteiger partial charge in [0.05, 0.1) is 24.2 Å². The monoisotopic (exact) mass is 301 g/mol. The summed E-state index contributed by atoms with van der Waals surface area (Å²) >= 11 is 0. The number of carbonyl (C=O) groups excluding carboxylic acids is 3. The third-order valence-electron chi connectivity index (χ3n) is 4.43. The molecule has 1 aliphatic heterocycles. The minimum atomic E-state index is -0.351. The van der Waals surface area contributed by atoms with E-state index in [1.54, 1.807) is 24.3 Å². The lowest BCUT2D eigenvalue weighted by Gasteiger charge is -2.24. The molecule has 116 valence electrons. The van der Waals surface area contributed by atoms with Gasteiger partial charge < -0.3 is 4.74 Å². The van der Waals surface area contributed by atoms with Crippen molar-refractivity contribution in [2.24, 2.45) is 5.92 Å². The van der Waals surface area contributed by atoms with Gasteiger partial charge in [-0.1, -0.05) is 31.4 Å². The van der Waals surface area contributed by atoms with Crippen LogP contribution < -0.4 is 0 Å². The maximum Gasteiger partial charge on any atom is 0.307 e. The molecule has 5 heteroatoms. The molecule has 22 heavy (non-hydrogen) atoms. The summed E-state index contributed by atoms with van der Waals surface area (Å²) in [5.74, 6) is -0.314. The highest BCUT2D eigenvalue weighted by atomic mass is 16.5. The first-order valence-electron chi connectivity index (χ1n) is 7.77. The van der Waals surface area contributed by atoms with Crippen molar-refractivity contribution >= 4 is 17.8 Å². The molecule has 1 aliphatic carbocycles. The van der Waals surface area contributed by atoms with Gasteiger partial charge >= 0.3 is 5.97 Å². The Labute approximate surface area is 129 Å². The first-order valence-corrected chi connectivity index (χ1v) is 7.77. The molecule has 2 amide bonds. The second-order valence-electron chi connectivity index (χ2n) is 5.86. The topological polar surface area (TPSA) is 63.7 Å². The number of amides is 2. The number of rotatable bonds is 6. The Bertz CT molecular complexity index is 571. The third kappa shape index (κ3) is 2.89. The molecule has 0 aromatic heterocycles. The summed E-state index contributed by atoms with van der Waals surface area (Å²) in [5, 5.41) is 0. The summed E-state index contributed by atoms with van der Waals surface area (Å²) < 4.78 is 5.17. The Morgan fingerprint density at radius 2 is 1.77 bits per heavy atom. The molecule has 3 rings (SSSR count). The van der Waals surface area contributed by atoms with Gasteiger partial charge in [0, 0.05) is 6.54 Å². The van der Waals surface area contributed by atoms with E-state index in [9.17, 15) is 14.4 Å². The normalized spacial score (nSPS) is 17.4. The Morgan fingerprint density at radius 1 is 1.14 bits per heavy atom. The lowest BCUT2D eigenvalue weighted by atomic mass is 9.83. The molecule has 0 radical (unpaired) electrons. The Morgan fingerprint density at radius 3 is 2.32 bits per heavy atom. The second-order valence-corrected chi connectivity index (χ2v) is 5.86. The van der Waals surface area contributed by atoms with E-state index < -0.39 is 0 Å². The van der Waals surface area contributed by atoms with Crippen molar-refractivity contribution in [2.75, 3.05) is 13.2 Å². The number of nitrogens with zero attached hydrogens (tertiary/aromatic N) is 1. The van der Waals surface area contributed by atoms with Gasteiger partial charge in [0.1, 0.15) is 0 Å². The van der Waals surface area contributed by atoms with Crippen LogP contribution in [0.25, 0.3) is 0 Å². The molecule has 0 bridgehead atoms. The fourth-order valence-electron chi connectivity index (χ4n) is 2.84. The van der Waals surface area contributed by atoms with Crippen LogP contribution in [0.4, 0.5) is 0 Å². The highest BCUT2D eigenvalue weighted by Gasteiger charge is 2.35. The van der Waals surface area contributed by atoms with Gasteiger partial charge in [0.2, 0.25) is 0 Å². The number of imide groups is 1. The quantitative estimate of drug-likeness (QED) is 0.598. The van der Waals surface area contributed by atoms with Gasteiger partial charge in [-0.3, -0.25) is 19.3 Å². The van der Waals surface area contributed by atoms with Crippen LogP contribution in [-0.4, -0.2) is 35.8 Å². The number of esters is 1. The Balaban J connectivity index is 1.46. The van der Waals surface area contributed by atoms with Gasteiger partial charge in [-0.05, 0) is 24.5 Å². The van der Waals surface area contributed by atoms with Crippen LogP contribution in [0.15, 0.2) is 24.3 Å². The number of hydrogen-bond donors (Lipinski definition) is 0. The van der Waals surface area contributed by atoms with Gasteiger partial charge in [-0.2, -0.15) is 0 Å². The summed E-state index contributed by atoms with van der Waals surface area (Å²) in [6.07, 6.45) is 4.70. The van der Waals surface area contributed by atoms with E-state index in [2.05, 4.69) is 0 Å². The first-order chi connectivity index (χ1) is 10.7. The van der Waals surface area contributed by atoms with Crippen molar-refractivity contribution in [1.29, 1.82) is 0 Å². The molecule has 0 unspecified atom stereocenters. The van der Waals surface area contributed by atoms with Crippen molar-refractivity contribution in [1.82, 2.24) is 4.90 Å². The molecule has 2 aliphatic rings. The predicted octanol–water partition coefficient (Wildman–Crippen LogP) is 2.41. The maximum absolute atomic E-state index is 12.1. The summed E-state index contributed by atoms with van der Waals surface area (Å²) in [4.78, 5) is 37.1. The minimum Gasteiger partial charge on any atom is -0.466 e. The summed E-state index contributed by atoms with van der Waals surface area (Å²) in [6.45, 7) is 0.514. The third-order valence-corrected chi connectivity index (χ3v) is 4.43. The van der Waals surface area contributed by atoms with E-state index in [1.165, 1.54) is 19.3 Å². The molecule has 5 nitrogen and oxygen atoms in total. The number of benzene rings is 1. The molecule has 1 aromatic rings. The highest BCUT2D eigenvalue weighted by molar-refractivity contribution is 6.21. The standard InChI is InChI=1S/C17H19NO4/c19-15(22-11-9-12-4-3-5-12)8-10-18-16(20)13-6-1-2-7-14(13)17(18)21/h1-2,6-7,12H,3-5,8-11H2. The summed E-state index contributed by atoms with van der Waals surface area (Å²) in [6, 6.07) is 6.71. The van der Waals surface area contributed by atoms with E-state index in [1.807, 2.05) is 0 Å². The van der Waals surface area contributed by atoms with E-state index in [4.69, 9.17) is 4.74 Å². The van der Waals surface area contributed by atoms with Crippen molar-refractivity contribution in [2.45, 2.75) is 32.1 Å². The van der Waals surface area contributed by atoms with Crippen molar-refractivity contribution < 1.29 is 19.1 Å². The van der Waals surface area contributed by atoms with Crippen LogP contribution in [0.1, 0.15) is 52.8 Å². The fraction of sp³-hybridized carbons (Fsp3) is 0.471. The molecule has 1 heterocycles. The van der Waals surface area contributed by atoms with Crippen LogP contribution in [0.5, 0.6) is 0 Å². The van der Waals surface area contributed by atoms with E-state index in [-0.39, 0.29) is 30.7 Å². The van der Waals surface area contributed by atoms with E-state index in [0.29, 0.717) is 23.7 Å². The lowest BCUT2D eigenvalue weighted by molar-refractivity contribution is -0.144. The van der Waals surface area contributed by atoms with Crippen molar-refractivity contribution in [3.63, 3.8) is 0 Å². The van der Waals surface area contributed by atoms with E-state index >= 15 is 0 Å². The zero-order valence-corrected chi connectivity index (χ0v) is 12.4. The molecule has 0 spiro atoms. The van der Waals surface area contributed by atoms with Gasteiger partial charge in [0.15, 0.2) is 0 Å². The first kappa shape index (κ1) is 14.8. The summed E-state index contributed by atoms with van der Waals surface area (Å²) in [7, 11) is 0. The second kappa shape index (κ2) is 6.30. The summed E-state index contributed by atoms with van der Waals surface area (Å²) in [5.41, 5.74) is 0.816. The Kier molecular flexibility index (Phi) is 4.22. The maximum atomic E-state index is 12.1. The van der Waals surface area contributed by atoms with E-state index in [0.717, 1.165) is 11.3 Å². The number of carbonyl (C=O) groups is 3. The molecule has 0 N–H and O–H groups in total. The molecule has 0 saturated heterocycles. The predicted molar refractivity (Wildman–Crippen MR) is 79.3 cm³/mol. The highest BCUT2D eigenvalue weighted by Crippen LogP contribution is 2.29. The molecule has 1 saturated carbocycles. The molecular formula is C17H19NO4. The largest absolute Gasteiger partial charge is 0.466 e. The molecule has 1 fully saturated rings. The van der Waals surface area contributed by atoms with Crippen molar-refractivity contribution in [3.05, 3.63) is 35.4 Å². The van der Waals surface area contributed by atoms with Gasteiger partial charge in [-0.25, -0.2) is 0 Å². The van der Waals surface area contributed by atoms with Gasteiger partial charge in [0.25, 0.3) is 11.8 Å². The zero-order valence-electron chi connectivity index (χ0n) is 12.4. The van der Waals surface area contributed by atoms with Crippen LogP contribution in [0, 0.1) is 5.92 Å². The van der Waals surface area contributed by atoms with Crippen LogP contribution in [-0.2, 0) is 9.53 Å². The molecular weight excluding hydrogens is 282 g/mol. The smallest absolute Gasteiger partial charge is 0.307 e. The number of ether oxygens (including phenoxy) is 1. The number of hydrogen-bond acceptors (Lipinski definition) is 4. The average molecular weight is 301 g/mol. The van der Waals surface area contributed by atoms with Crippen molar-refractivity contribution in [3.8, 4) is 0 Å². The average Bonchev–Trinajstić information content (AvgIpc) is 2.72. The molecule has 0 atom stereocenters. The zero-order chi connectivity index (χ0) is 15.5. The lowest BCUT2D eigenvalue weighted by Crippen LogP contribution is -2.32. The van der Waals surface area contributed by atoms with Crippen LogP contribution in [0.3, 0.4) is 0 Å². The molecule has 1 aromatic carbocycles. The number of fused-ring (bicyclic) bond motifs is 1. The fourth-order valence-corrected chi connectivity index (χ4v) is 2.84. The SMILES string of the molecule is O=C(CCN1C(=O)c2ccccc2C1=O)OCCC1CCC1. The van der Waals surface area contributed by atoms with Crippen LogP contribution in [0.2, 0.25) is 0 Å². The minimum absolute atomic E-state index is 0.0517. The Hall–Kier alpha value is -2.17. The van der Waals surface area contributed by atoms with Crippen LogP contribution >= 0.6 is 0 Å².